The molecule has 2 N–H and O–H groups in total. The van der Waals surface area contributed by atoms with Crippen LogP contribution in [0.25, 0.3) is 0 Å². The van der Waals surface area contributed by atoms with E-state index >= 15 is 0 Å². The van der Waals surface area contributed by atoms with Crippen LogP contribution >= 0.6 is 11.5 Å². The van der Waals surface area contributed by atoms with Gasteiger partial charge in [-0.2, -0.15) is 0 Å². The number of aromatic nitrogens is 1. The maximum Gasteiger partial charge on any atom is 0.191 e. The second kappa shape index (κ2) is 3.55. The lowest BCUT2D eigenvalue weighted by Gasteiger charge is -2.29. The van der Waals surface area contributed by atoms with Gasteiger partial charge in [0.25, 0.3) is 0 Å². The van der Waals surface area contributed by atoms with Gasteiger partial charge in [-0.25, -0.2) is 4.37 Å². The molecule has 1 fully saturated rings. The molecule has 1 unspecified atom stereocenters. The Kier molecular flexibility index (Phi) is 2.42. The summed E-state index contributed by atoms with van der Waals surface area (Å²) in [5.41, 5.74) is 5.84. The summed E-state index contributed by atoms with van der Waals surface area (Å²) >= 11 is 1.23. The summed E-state index contributed by atoms with van der Waals surface area (Å²) in [4.78, 5) is 12.4. The van der Waals surface area contributed by atoms with E-state index in [-0.39, 0.29) is 11.8 Å². The fraction of sp³-hybridized carbons (Fsp3) is 0.556. The van der Waals surface area contributed by atoms with Gasteiger partial charge in [0.15, 0.2) is 5.78 Å². The molecule has 0 radical (unpaired) electrons. The molecule has 3 nitrogen and oxygen atoms in total. The lowest BCUT2D eigenvalue weighted by Crippen LogP contribution is -2.41. The van der Waals surface area contributed by atoms with Gasteiger partial charge < -0.3 is 5.73 Å². The third-order valence-corrected chi connectivity index (χ3v) is 3.40. The Bertz CT molecular complexity index is 293. The lowest BCUT2D eigenvalue weighted by molar-refractivity contribution is 0.0901. The van der Waals surface area contributed by atoms with Crippen molar-refractivity contribution in [2.24, 2.45) is 11.7 Å². The monoisotopic (exact) mass is 196 g/mol. The van der Waals surface area contributed by atoms with Crippen LogP contribution in [0, 0.1) is 5.92 Å². The van der Waals surface area contributed by atoms with Gasteiger partial charge in [-0.05, 0) is 36.4 Å². The van der Waals surface area contributed by atoms with E-state index in [0.717, 1.165) is 12.8 Å². The minimum absolute atomic E-state index is 0.0622. The third-order valence-electron chi connectivity index (χ3n) is 2.64. The number of carbonyl (C=O) groups is 1. The Balaban J connectivity index is 2.04. The SMILES string of the molecule is NC(C(=O)c1ccns1)C1CCC1. The number of nitrogens with zero attached hydrogens (tertiary/aromatic N) is 1. The number of carbonyl (C=O) groups excluding carboxylic acids is 1. The maximum absolute atomic E-state index is 11.7. The van der Waals surface area contributed by atoms with E-state index in [2.05, 4.69) is 4.37 Å². The van der Waals surface area contributed by atoms with Crippen molar-refractivity contribution in [1.82, 2.24) is 4.37 Å². The lowest BCUT2D eigenvalue weighted by atomic mass is 9.78. The topological polar surface area (TPSA) is 56.0 Å². The number of rotatable bonds is 3. The number of hydrogen-bond acceptors (Lipinski definition) is 4. The highest BCUT2D eigenvalue weighted by molar-refractivity contribution is 7.08. The standard InChI is InChI=1S/C9H12N2OS/c10-8(6-2-1-3-6)9(12)7-4-5-11-13-7/h4-6,8H,1-3,10H2. The summed E-state index contributed by atoms with van der Waals surface area (Å²) in [7, 11) is 0. The molecule has 1 aliphatic rings. The number of Topliss-reactive ketones (excluding diaryl/α,β-unsaturated/α-hetero) is 1. The first kappa shape index (κ1) is 8.84. The molecule has 0 saturated heterocycles. The number of nitrogens with two attached hydrogens (primary N) is 1. The third kappa shape index (κ3) is 1.64. The molecular formula is C9H12N2OS. The fourth-order valence-corrected chi connectivity index (χ4v) is 2.10. The Hall–Kier alpha value is -0.740. The molecule has 1 saturated carbocycles. The number of hydrogen-bond donors (Lipinski definition) is 1. The highest BCUT2D eigenvalue weighted by Gasteiger charge is 2.30. The highest BCUT2D eigenvalue weighted by Crippen LogP contribution is 2.30. The summed E-state index contributed by atoms with van der Waals surface area (Å²) in [6.07, 6.45) is 5.07. The van der Waals surface area contributed by atoms with Crippen LogP contribution in [-0.4, -0.2) is 16.2 Å². The average molecular weight is 196 g/mol. The Labute approximate surface area is 81.1 Å². The molecule has 0 aliphatic heterocycles. The largest absolute Gasteiger partial charge is 0.321 e. The molecule has 0 spiro atoms. The average Bonchev–Trinajstić information content (AvgIpc) is 2.51. The van der Waals surface area contributed by atoms with Crippen LogP contribution in [-0.2, 0) is 0 Å². The van der Waals surface area contributed by atoms with Gasteiger partial charge in [0.1, 0.15) is 0 Å². The second-order valence-electron chi connectivity index (χ2n) is 3.46. The summed E-state index contributed by atoms with van der Waals surface area (Å²) in [5.74, 6) is 0.474. The highest BCUT2D eigenvalue weighted by atomic mass is 32.1. The predicted octanol–water partition coefficient (Wildman–Crippen LogP) is 1.45. The quantitative estimate of drug-likeness (QED) is 0.744. The van der Waals surface area contributed by atoms with Crippen LogP contribution < -0.4 is 5.73 Å². The molecule has 4 heteroatoms. The van der Waals surface area contributed by atoms with Crippen molar-refractivity contribution in [2.45, 2.75) is 25.3 Å². The molecule has 13 heavy (non-hydrogen) atoms. The van der Waals surface area contributed by atoms with Gasteiger partial charge in [-0.15, -0.1) is 0 Å². The minimum atomic E-state index is -0.297. The van der Waals surface area contributed by atoms with Gasteiger partial charge in [-0.1, -0.05) is 6.42 Å². The van der Waals surface area contributed by atoms with Crippen LogP contribution in [0.1, 0.15) is 28.9 Å². The maximum atomic E-state index is 11.7. The first-order valence-electron chi connectivity index (χ1n) is 4.49. The molecule has 70 valence electrons. The van der Waals surface area contributed by atoms with Crippen LogP contribution in [0.4, 0.5) is 0 Å². The first-order chi connectivity index (χ1) is 6.29. The zero-order chi connectivity index (χ0) is 9.26. The van der Waals surface area contributed by atoms with Crippen LogP contribution in [0.5, 0.6) is 0 Å². The van der Waals surface area contributed by atoms with Crippen molar-refractivity contribution in [3.8, 4) is 0 Å². The zero-order valence-corrected chi connectivity index (χ0v) is 8.09. The van der Waals surface area contributed by atoms with Gasteiger partial charge in [-0.3, -0.25) is 4.79 Å². The van der Waals surface area contributed by atoms with Crippen LogP contribution in [0.15, 0.2) is 12.3 Å². The summed E-state index contributed by atoms with van der Waals surface area (Å²) in [6.45, 7) is 0. The van der Waals surface area contributed by atoms with Crippen molar-refractivity contribution in [1.29, 1.82) is 0 Å². The van der Waals surface area contributed by atoms with Crippen LogP contribution in [0.3, 0.4) is 0 Å². The van der Waals surface area contributed by atoms with Gasteiger partial charge in [0.05, 0.1) is 10.9 Å². The van der Waals surface area contributed by atoms with Crippen LogP contribution in [0.2, 0.25) is 0 Å². The van der Waals surface area contributed by atoms with E-state index in [1.165, 1.54) is 18.0 Å². The summed E-state index contributed by atoms with van der Waals surface area (Å²) in [5, 5.41) is 0. The minimum Gasteiger partial charge on any atom is -0.321 e. The van der Waals surface area contributed by atoms with Crippen molar-refractivity contribution in [2.75, 3.05) is 0 Å². The molecular weight excluding hydrogens is 184 g/mol. The van der Waals surface area contributed by atoms with Crippen molar-refractivity contribution < 1.29 is 4.79 Å². The van der Waals surface area contributed by atoms with E-state index in [1.807, 2.05) is 0 Å². The fourth-order valence-electron chi connectivity index (χ4n) is 1.52. The summed E-state index contributed by atoms with van der Waals surface area (Å²) < 4.78 is 3.89. The van der Waals surface area contributed by atoms with E-state index in [9.17, 15) is 4.79 Å². The Morgan fingerprint density at radius 1 is 1.69 bits per heavy atom. The summed E-state index contributed by atoms with van der Waals surface area (Å²) in [6, 6.07) is 1.44. The molecule has 0 amide bonds. The molecule has 1 heterocycles. The zero-order valence-electron chi connectivity index (χ0n) is 7.27. The van der Waals surface area contributed by atoms with E-state index in [0.29, 0.717) is 10.8 Å². The van der Waals surface area contributed by atoms with Gasteiger partial charge >= 0.3 is 0 Å². The van der Waals surface area contributed by atoms with E-state index < -0.39 is 0 Å². The normalized spacial score (nSPS) is 19.5. The first-order valence-corrected chi connectivity index (χ1v) is 5.27. The molecule has 1 atom stereocenters. The van der Waals surface area contributed by atoms with Crippen molar-refractivity contribution in [3.63, 3.8) is 0 Å². The van der Waals surface area contributed by atoms with Gasteiger partial charge in [0, 0.05) is 6.20 Å². The van der Waals surface area contributed by atoms with E-state index in [1.54, 1.807) is 12.3 Å². The smallest absolute Gasteiger partial charge is 0.191 e. The van der Waals surface area contributed by atoms with Crippen molar-refractivity contribution >= 4 is 17.3 Å². The van der Waals surface area contributed by atoms with Crippen molar-refractivity contribution in [3.05, 3.63) is 17.1 Å². The molecule has 1 aliphatic carbocycles. The molecule has 2 rings (SSSR count). The molecule has 1 aromatic heterocycles. The molecule has 1 aromatic rings. The Morgan fingerprint density at radius 3 is 2.92 bits per heavy atom. The van der Waals surface area contributed by atoms with Gasteiger partial charge in [0.2, 0.25) is 0 Å². The van der Waals surface area contributed by atoms with E-state index in [4.69, 9.17) is 5.73 Å². The molecule has 0 aromatic carbocycles. The Morgan fingerprint density at radius 2 is 2.46 bits per heavy atom. The predicted molar refractivity (Wildman–Crippen MR) is 51.8 cm³/mol. The number of ketones is 1. The molecule has 0 bridgehead atoms. The second-order valence-corrected chi connectivity index (χ2v) is 4.29.